The van der Waals surface area contributed by atoms with E-state index in [1.54, 1.807) is 0 Å². The zero-order chi connectivity index (χ0) is 14.0. The summed E-state index contributed by atoms with van der Waals surface area (Å²) in [4.78, 5) is 0. The van der Waals surface area contributed by atoms with Gasteiger partial charge in [0.2, 0.25) is 0 Å². The van der Waals surface area contributed by atoms with Gasteiger partial charge in [0.05, 0.1) is 0 Å². The average Bonchev–Trinajstić information content (AvgIpc) is 2.43. The summed E-state index contributed by atoms with van der Waals surface area (Å²) in [5, 5.41) is 0. The molecule has 0 fully saturated rings. The van der Waals surface area contributed by atoms with Crippen molar-refractivity contribution in [1.29, 1.82) is 0 Å². The molecule has 113 valence electrons. The van der Waals surface area contributed by atoms with Gasteiger partial charge in [0, 0.05) is 0 Å². The largest absolute Gasteiger partial charge is 0.0837 e. The molecule has 0 atom stereocenters. The maximum Gasteiger partial charge on any atom is -0.0250 e. The van der Waals surface area contributed by atoms with Crippen LogP contribution >= 0.6 is 8.58 Å². The number of hydrogen-bond acceptors (Lipinski definition) is 0. The molecule has 19 heavy (non-hydrogen) atoms. The molecule has 0 aliphatic heterocycles. The molecule has 0 aliphatic rings. The van der Waals surface area contributed by atoms with Crippen molar-refractivity contribution in [2.24, 2.45) is 0 Å². The lowest BCUT2D eigenvalue weighted by Gasteiger charge is -2.01. The van der Waals surface area contributed by atoms with Crippen molar-refractivity contribution in [2.75, 3.05) is 6.16 Å². The predicted molar refractivity (Wildman–Crippen MR) is 92.3 cm³/mol. The van der Waals surface area contributed by atoms with E-state index in [2.05, 4.69) is 25.7 Å². The highest BCUT2D eigenvalue weighted by atomic mass is 31.1. The Labute approximate surface area is 124 Å². The summed E-state index contributed by atoms with van der Waals surface area (Å²) in [5.74, 6) is 2.36. The van der Waals surface area contributed by atoms with Crippen LogP contribution in [0.15, 0.2) is 11.9 Å². The van der Waals surface area contributed by atoms with E-state index >= 15 is 0 Å². The molecule has 0 saturated carbocycles. The molecule has 1 heteroatoms. The zero-order valence-electron chi connectivity index (χ0n) is 13.5. The molecule has 0 nitrogen and oxygen atoms in total. The number of hydrogen-bond donors (Lipinski definition) is 0. The fraction of sp³-hybridized carbons (Fsp3) is 0.889. The summed E-state index contributed by atoms with van der Waals surface area (Å²) in [6.07, 6.45) is 22.2. The van der Waals surface area contributed by atoms with Gasteiger partial charge in [0.15, 0.2) is 0 Å². The monoisotopic (exact) mass is 283 g/mol. The molecule has 0 saturated heterocycles. The number of unbranched alkanes of at least 4 members (excludes halogenated alkanes) is 11. The second-order valence-corrected chi connectivity index (χ2v) is 6.73. The van der Waals surface area contributed by atoms with E-state index in [0.29, 0.717) is 0 Å². The Hall–Kier alpha value is 0.170. The summed E-state index contributed by atoms with van der Waals surface area (Å²) in [5.41, 5.74) is 0. The second-order valence-electron chi connectivity index (χ2n) is 5.62. The van der Waals surface area contributed by atoms with E-state index in [-0.39, 0.29) is 0 Å². The minimum atomic E-state index is 1.28. The van der Waals surface area contributed by atoms with E-state index in [0.717, 1.165) is 0 Å². The van der Waals surface area contributed by atoms with Crippen LogP contribution in [0.4, 0.5) is 0 Å². The highest BCUT2D eigenvalue weighted by molar-refractivity contribution is 7.41. The normalized spacial score (nSPS) is 12.1. The maximum absolute atomic E-state index is 2.36. The average molecular weight is 283 g/mol. The quantitative estimate of drug-likeness (QED) is 0.215. The van der Waals surface area contributed by atoms with Gasteiger partial charge in [-0.1, -0.05) is 105 Å². The smallest absolute Gasteiger partial charge is 0.0250 e. The minimum absolute atomic E-state index is 1.28. The Morgan fingerprint density at radius 3 is 1.74 bits per heavy atom. The van der Waals surface area contributed by atoms with Crippen LogP contribution in [0.1, 0.15) is 97.3 Å². The minimum Gasteiger partial charge on any atom is -0.0837 e. The van der Waals surface area contributed by atoms with E-state index in [1.807, 2.05) is 0 Å². The molecule has 1 radical (unpaired) electrons. The molecule has 0 bridgehead atoms. The lowest BCUT2D eigenvalue weighted by atomic mass is 10.1. The van der Waals surface area contributed by atoms with Crippen molar-refractivity contribution in [1.82, 2.24) is 0 Å². The summed E-state index contributed by atoms with van der Waals surface area (Å²) in [7, 11) is 1.54. The van der Waals surface area contributed by atoms with Gasteiger partial charge in [-0.05, 0) is 19.0 Å². The van der Waals surface area contributed by atoms with E-state index in [4.69, 9.17) is 0 Å². The molecular formula is C18H36P. The van der Waals surface area contributed by atoms with Crippen molar-refractivity contribution in [3.63, 3.8) is 0 Å². The first-order valence-electron chi connectivity index (χ1n) is 8.73. The third-order valence-electron chi connectivity index (χ3n) is 3.58. The Morgan fingerprint density at radius 1 is 0.632 bits per heavy atom. The summed E-state index contributed by atoms with van der Waals surface area (Å²) < 4.78 is 0. The molecule has 0 heterocycles. The van der Waals surface area contributed by atoms with Crippen molar-refractivity contribution in [3.05, 3.63) is 11.9 Å². The Bertz CT molecular complexity index is 175. The Morgan fingerprint density at radius 2 is 1.16 bits per heavy atom. The third kappa shape index (κ3) is 18.2. The summed E-state index contributed by atoms with van der Waals surface area (Å²) in [6.45, 7) is 4.55. The van der Waals surface area contributed by atoms with Gasteiger partial charge in [0.1, 0.15) is 0 Å². The predicted octanol–water partition coefficient (Wildman–Crippen LogP) is 7.56. The summed E-state index contributed by atoms with van der Waals surface area (Å²) in [6, 6.07) is 0. The molecule has 0 aromatic heterocycles. The van der Waals surface area contributed by atoms with Crippen molar-refractivity contribution < 1.29 is 0 Å². The lowest BCUT2D eigenvalue weighted by Crippen LogP contribution is -1.82. The SMILES string of the molecule is CCCC/C=C/[P]CCCCCCCCCCCC. The van der Waals surface area contributed by atoms with E-state index < -0.39 is 0 Å². The molecule has 0 aliphatic carbocycles. The van der Waals surface area contributed by atoms with Crippen LogP contribution in [-0.2, 0) is 0 Å². The molecule has 0 N–H and O–H groups in total. The number of allylic oxidation sites excluding steroid dienone is 1. The van der Waals surface area contributed by atoms with E-state index in [9.17, 15) is 0 Å². The van der Waals surface area contributed by atoms with Gasteiger partial charge in [-0.2, -0.15) is 0 Å². The summed E-state index contributed by atoms with van der Waals surface area (Å²) >= 11 is 0. The van der Waals surface area contributed by atoms with Gasteiger partial charge in [0.25, 0.3) is 0 Å². The first-order chi connectivity index (χ1) is 9.41. The zero-order valence-corrected chi connectivity index (χ0v) is 14.4. The molecule has 0 aromatic rings. The lowest BCUT2D eigenvalue weighted by molar-refractivity contribution is 0.563. The Kier molecular flexibility index (Phi) is 18.3. The first-order valence-corrected chi connectivity index (χ1v) is 9.88. The van der Waals surface area contributed by atoms with Crippen molar-refractivity contribution >= 4 is 8.58 Å². The van der Waals surface area contributed by atoms with E-state index in [1.165, 1.54) is 98.2 Å². The third-order valence-corrected chi connectivity index (χ3v) is 4.57. The van der Waals surface area contributed by atoms with Gasteiger partial charge in [-0.25, -0.2) is 0 Å². The molecule has 0 aromatic carbocycles. The van der Waals surface area contributed by atoms with Gasteiger partial charge in [-0.15, -0.1) is 0 Å². The van der Waals surface area contributed by atoms with Gasteiger partial charge < -0.3 is 0 Å². The fourth-order valence-corrected chi connectivity index (χ4v) is 3.09. The highest BCUT2D eigenvalue weighted by Crippen LogP contribution is 2.17. The van der Waals surface area contributed by atoms with Crippen LogP contribution < -0.4 is 0 Å². The van der Waals surface area contributed by atoms with Crippen LogP contribution in [-0.4, -0.2) is 6.16 Å². The Balaban J connectivity index is 2.97. The fourth-order valence-electron chi connectivity index (χ4n) is 2.24. The molecule has 0 amide bonds. The standard InChI is InChI=1S/C18H36P/c1-3-5-7-9-10-11-12-13-14-16-18-19-17-15-8-6-4-2/h15,17H,3-14,16,18H2,1-2H3/b17-15+. The van der Waals surface area contributed by atoms with Crippen LogP contribution in [0.2, 0.25) is 0 Å². The van der Waals surface area contributed by atoms with Crippen LogP contribution in [0.3, 0.4) is 0 Å². The van der Waals surface area contributed by atoms with Crippen molar-refractivity contribution in [2.45, 2.75) is 97.3 Å². The van der Waals surface area contributed by atoms with Gasteiger partial charge in [-0.3, -0.25) is 0 Å². The first kappa shape index (κ1) is 19.2. The molecular weight excluding hydrogens is 247 g/mol. The van der Waals surface area contributed by atoms with Crippen LogP contribution in [0, 0.1) is 0 Å². The van der Waals surface area contributed by atoms with Gasteiger partial charge >= 0.3 is 0 Å². The number of rotatable bonds is 15. The topological polar surface area (TPSA) is 0 Å². The second kappa shape index (κ2) is 18.2. The molecule has 0 unspecified atom stereocenters. The van der Waals surface area contributed by atoms with Crippen LogP contribution in [0.25, 0.3) is 0 Å². The van der Waals surface area contributed by atoms with Crippen LogP contribution in [0.5, 0.6) is 0 Å². The molecule has 0 rings (SSSR count). The molecule has 0 spiro atoms. The van der Waals surface area contributed by atoms with Crippen molar-refractivity contribution in [3.8, 4) is 0 Å². The highest BCUT2D eigenvalue weighted by Gasteiger charge is 1.92. The maximum atomic E-state index is 2.36.